The van der Waals surface area contributed by atoms with Crippen molar-refractivity contribution in [2.24, 2.45) is 17.2 Å². The van der Waals surface area contributed by atoms with Crippen molar-refractivity contribution in [2.45, 2.75) is 52.1 Å². The molecular weight excluding hydrogens is 618 g/mol. The molecule has 0 spiro atoms. The zero-order valence-corrected chi connectivity index (χ0v) is 27.8. The molecule has 0 unspecified atom stereocenters. The quantitative estimate of drug-likeness (QED) is 0.0680. The Balaban J connectivity index is 1.65. The molecule has 9 N–H and O–H groups in total. The standard InChI is InChI=1S/C38H41N7O4/c1-38(2,3)26-14-16-27(17-15-26)49-28-7-4-6-23(20-28)21-45(37(48)25-12-10-24(11-13-25)35(42)43)36-29(18-19-32(40)46)34-30(39)8-5-9-31(34)44(36)22-33(41)47/h4-17,20H,18-19,21-22,39H2,1-3H3,(H2,40,46)(H2,41,47)(H3,42,43). The van der Waals surface area contributed by atoms with Crippen molar-refractivity contribution in [2.75, 3.05) is 10.6 Å². The summed E-state index contributed by atoms with van der Waals surface area (Å²) in [5.74, 6) is -0.122. The van der Waals surface area contributed by atoms with E-state index in [1.54, 1.807) is 51.9 Å². The van der Waals surface area contributed by atoms with Crippen LogP contribution >= 0.6 is 0 Å². The van der Waals surface area contributed by atoms with Crippen LogP contribution in [0.4, 0.5) is 11.5 Å². The number of ether oxygens (including phenoxy) is 1. The van der Waals surface area contributed by atoms with Crippen LogP contribution in [0, 0.1) is 5.41 Å². The molecule has 0 aliphatic rings. The lowest BCUT2D eigenvalue weighted by atomic mass is 9.87. The van der Waals surface area contributed by atoms with Gasteiger partial charge in [0.2, 0.25) is 11.8 Å². The molecule has 0 aliphatic carbocycles. The molecule has 0 saturated heterocycles. The van der Waals surface area contributed by atoms with Gasteiger partial charge in [-0.1, -0.05) is 63.2 Å². The summed E-state index contributed by atoms with van der Waals surface area (Å²) in [6.07, 6.45) is 0.131. The molecule has 0 aliphatic heterocycles. The SMILES string of the molecule is CC(C)(C)c1ccc(Oc2cccc(CN(C(=O)c3ccc(C(=N)N)cc3)c3c(CCC(N)=O)c4c(N)cccc4n3CC(N)=O)c2)cc1. The van der Waals surface area contributed by atoms with Gasteiger partial charge in [0.1, 0.15) is 29.7 Å². The lowest BCUT2D eigenvalue weighted by Gasteiger charge is -2.26. The van der Waals surface area contributed by atoms with Gasteiger partial charge in [-0.2, -0.15) is 0 Å². The minimum Gasteiger partial charge on any atom is -0.457 e. The number of nitrogens with zero attached hydrogens (tertiary/aromatic N) is 2. The maximum absolute atomic E-state index is 14.6. The molecule has 5 aromatic rings. The number of nitrogen functional groups attached to an aromatic ring is 2. The molecule has 11 nitrogen and oxygen atoms in total. The van der Waals surface area contributed by atoms with Gasteiger partial charge < -0.3 is 32.2 Å². The summed E-state index contributed by atoms with van der Waals surface area (Å²) >= 11 is 0. The number of carbonyl (C=O) groups is 3. The second-order valence-electron chi connectivity index (χ2n) is 13.0. The summed E-state index contributed by atoms with van der Waals surface area (Å²) in [5.41, 5.74) is 27.7. The van der Waals surface area contributed by atoms with Crippen LogP contribution in [0.25, 0.3) is 10.9 Å². The smallest absolute Gasteiger partial charge is 0.259 e. The van der Waals surface area contributed by atoms with Gasteiger partial charge in [-0.15, -0.1) is 0 Å². The summed E-state index contributed by atoms with van der Waals surface area (Å²) in [5, 5.41) is 8.37. The molecule has 252 valence electrons. The average molecular weight is 660 g/mol. The maximum Gasteiger partial charge on any atom is 0.259 e. The second-order valence-corrected chi connectivity index (χ2v) is 13.0. The van der Waals surface area contributed by atoms with Crippen molar-refractivity contribution >= 4 is 46.0 Å². The third-order valence-electron chi connectivity index (χ3n) is 8.27. The van der Waals surface area contributed by atoms with Crippen LogP contribution in [-0.2, 0) is 34.5 Å². The van der Waals surface area contributed by atoms with E-state index < -0.39 is 17.7 Å². The first-order chi connectivity index (χ1) is 23.2. The molecular formula is C38H41N7O4. The highest BCUT2D eigenvalue weighted by Gasteiger charge is 2.29. The maximum atomic E-state index is 14.6. The highest BCUT2D eigenvalue weighted by Crippen LogP contribution is 2.39. The van der Waals surface area contributed by atoms with E-state index in [1.165, 1.54) is 5.56 Å². The summed E-state index contributed by atoms with van der Waals surface area (Å²) < 4.78 is 7.87. The molecule has 0 saturated carbocycles. The summed E-state index contributed by atoms with van der Waals surface area (Å²) in [4.78, 5) is 40.6. The number of amides is 3. The van der Waals surface area contributed by atoms with Gasteiger partial charge in [-0.05, 0) is 71.5 Å². The third-order valence-corrected chi connectivity index (χ3v) is 8.27. The van der Waals surface area contributed by atoms with Gasteiger partial charge in [0.25, 0.3) is 5.91 Å². The van der Waals surface area contributed by atoms with Crippen molar-refractivity contribution in [3.05, 3.63) is 119 Å². The molecule has 5 rings (SSSR count). The number of nitrogens with two attached hydrogens (primary N) is 4. The second kappa shape index (κ2) is 13.9. The number of amidine groups is 1. The van der Waals surface area contributed by atoms with Crippen LogP contribution in [-0.4, -0.2) is 28.1 Å². The number of aryl methyl sites for hydroxylation is 1. The van der Waals surface area contributed by atoms with Gasteiger partial charge in [0, 0.05) is 34.2 Å². The molecule has 4 aromatic carbocycles. The number of rotatable bonds is 12. The molecule has 11 heteroatoms. The lowest BCUT2D eigenvalue weighted by Crippen LogP contribution is -2.34. The van der Waals surface area contributed by atoms with E-state index in [0.29, 0.717) is 50.6 Å². The zero-order valence-electron chi connectivity index (χ0n) is 27.8. The van der Waals surface area contributed by atoms with Gasteiger partial charge in [0.15, 0.2) is 0 Å². The van der Waals surface area contributed by atoms with E-state index in [9.17, 15) is 14.4 Å². The van der Waals surface area contributed by atoms with Gasteiger partial charge in [0.05, 0.1) is 12.1 Å². The van der Waals surface area contributed by atoms with E-state index in [1.807, 2.05) is 48.5 Å². The first-order valence-corrected chi connectivity index (χ1v) is 15.8. The van der Waals surface area contributed by atoms with Gasteiger partial charge >= 0.3 is 0 Å². The number of hydrogen-bond donors (Lipinski definition) is 5. The van der Waals surface area contributed by atoms with Crippen LogP contribution in [0.5, 0.6) is 11.5 Å². The summed E-state index contributed by atoms with van der Waals surface area (Å²) in [7, 11) is 0. The predicted octanol–water partition coefficient (Wildman–Crippen LogP) is 5.35. The number of fused-ring (bicyclic) bond motifs is 1. The Morgan fingerprint density at radius 2 is 1.47 bits per heavy atom. The van der Waals surface area contributed by atoms with Gasteiger partial charge in [-0.25, -0.2) is 0 Å². The monoisotopic (exact) mass is 659 g/mol. The van der Waals surface area contributed by atoms with E-state index in [4.69, 9.17) is 33.1 Å². The van der Waals surface area contributed by atoms with E-state index in [-0.39, 0.29) is 37.2 Å². The Kier molecular flexibility index (Phi) is 9.74. The summed E-state index contributed by atoms with van der Waals surface area (Å²) in [6.45, 7) is 6.23. The number of nitrogens with one attached hydrogen (secondary N) is 1. The normalized spacial score (nSPS) is 11.3. The topological polar surface area (TPSA) is 197 Å². The van der Waals surface area contributed by atoms with Crippen LogP contribution in [0.15, 0.2) is 91.0 Å². The fourth-order valence-electron chi connectivity index (χ4n) is 5.85. The minimum absolute atomic E-state index is 0.00122. The molecule has 3 amide bonds. The Labute approximate surface area is 284 Å². The average Bonchev–Trinajstić information content (AvgIpc) is 3.35. The fourth-order valence-corrected chi connectivity index (χ4v) is 5.85. The van der Waals surface area contributed by atoms with Crippen molar-refractivity contribution in [1.29, 1.82) is 5.41 Å². The number of hydrogen-bond acceptors (Lipinski definition) is 6. The van der Waals surface area contributed by atoms with E-state index >= 15 is 0 Å². The van der Waals surface area contributed by atoms with Crippen LogP contribution < -0.4 is 32.6 Å². The molecule has 1 aromatic heterocycles. The summed E-state index contributed by atoms with van der Waals surface area (Å²) in [6, 6.07) is 26.9. The lowest BCUT2D eigenvalue weighted by molar-refractivity contribution is -0.119. The van der Waals surface area contributed by atoms with Gasteiger partial charge in [-0.3, -0.25) is 24.7 Å². The Hall–Kier alpha value is -6.10. The van der Waals surface area contributed by atoms with Crippen molar-refractivity contribution in [3.8, 4) is 11.5 Å². The predicted molar refractivity (Wildman–Crippen MR) is 193 cm³/mol. The van der Waals surface area contributed by atoms with E-state index in [2.05, 4.69) is 20.8 Å². The minimum atomic E-state index is -0.631. The third kappa shape index (κ3) is 7.73. The molecule has 0 bridgehead atoms. The van der Waals surface area contributed by atoms with Crippen LogP contribution in [0.2, 0.25) is 0 Å². The molecule has 1 heterocycles. The molecule has 49 heavy (non-hydrogen) atoms. The molecule has 0 radical (unpaired) electrons. The van der Waals surface area contributed by atoms with E-state index in [0.717, 1.165) is 5.56 Å². The number of benzene rings is 4. The van der Waals surface area contributed by atoms with Crippen molar-refractivity contribution in [1.82, 2.24) is 4.57 Å². The van der Waals surface area contributed by atoms with Crippen molar-refractivity contribution < 1.29 is 19.1 Å². The van der Waals surface area contributed by atoms with Crippen LogP contribution in [0.3, 0.4) is 0 Å². The molecule has 0 atom stereocenters. The first kappa shape index (κ1) is 34.2. The van der Waals surface area contributed by atoms with Crippen molar-refractivity contribution in [3.63, 3.8) is 0 Å². The highest BCUT2D eigenvalue weighted by atomic mass is 16.5. The Bertz CT molecular complexity index is 2040. The number of carbonyl (C=O) groups excluding carboxylic acids is 3. The Morgan fingerprint density at radius 3 is 2.08 bits per heavy atom. The molecule has 0 fully saturated rings. The largest absolute Gasteiger partial charge is 0.457 e. The van der Waals surface area contributed by atoms with Crippen LogP contribution in [0.1, 0.15) is 59.8 Å². The fraction of sp³-hybridized carbons (Fsp3) is 0.211. The first-order valence-electron chi connectivity index (χ1n) is 15.8. The highest BCUT2D eigenvalue weighted by molar-refractivity contribution is 6.10. The number of primary amides is 2. The Morgan fingerprint density at radius 1 is 0.816 bits per heavy atom. The zero-order chi connectivity index (χ0) is 35.5. The number of anilines is 2. The number of aromatic nitrogens is 1.